The van der Waals surface area contributed by atoms with Gasteiger partial charge in [-0.25, -0.2) is 9.97 Å². The number of piperidine rings is 1. The number of nitrogens with one attached hydrogen (secondary N) is 1. The van der Waals surface area contributed by atoms with Crippen LogP contribution in [0.15, 0.2) is 60.9 Å². The number of carbonyl (C=O) groups is 1. The number of carbonyl (C=O) groups excluding carboxylic acids is 1. The molecule has 1 saturated heterocycles. The van der Waals surface area contributed by atoms with Crippen LogP contribution in [0.4, 0.5) is 5.82 Å². The van der Waals surface area contributed by atoms with Crippen molar-refractivity contribution < 1.29 is 9.53 Å². The van der Waals surface area contributed by atoms with Crippen LogP contribution in [0.25, 0.3) is 0 Å². The van der Waals surface area contributed by atoms with E-state index in [1.54, 1.807) is 48.8 Å². The quantitative estimate of drug-likeness (QED) is 0.615. The maximum Gasteiger partial charge on any atom is 0.263 e. The number of ether oxygens (including phenoxy) is 1. The monoisotopic (exact) mass is 422 g/mol. The molecule has 3 aromatic rings. The van der Waals surface area contributed by atoms with E-state index >= 15 is 0 Å². The third kappa shape index (κ3) is 5.07. The number of hydrogen-bond acceptors (Lipinski definition) is 5. The van der Waals surface area contributed by atoms with Gasteiger partial charge in [-0.2, -0.15) is 0 Å². The number of aromatic nitrogens is 2. The Morgan fingerprint density at radius 2 is 1.67 bits per heavy atom. The summed E-state index contributed by atoms with van der Waals surface area (Å²) in [4.78, 5) is 23.5. The molecule has 30 heavy (non-hydrogen) atoms. The normalized spacial score (nSPS) is 13.7. The Balaban J connectivity index is 1.39. The molecule has 1 aromatic heterocycles. The first kappa shape index (κ1) is 20.2. The van der Waals surface area contributed by atoms with Crippen LogP contribution in [0.5, 0.6) is 11.6 Å². The highest BCUT2D eigenvalue weighted by molar-refractivity contribution is 6.30. The molecule has 0 saturated carbocycles. The number of anilines is 1. The van der Waals surface area contributed by atoms with E-state index in [1.807, 2.05) is 12.1 Å². The van der Waals surface area contributed by atoms with Crippen molar-refractivity contribution in [1.29, 1.82) is 0 Å². The zero-order chi connectivity index (χ0) is 20.8. The molecule has 0 aliphatic carbocycles. The second-order valence-corrected chi connectivity index (χ2v) is 7.60. The molecule has 1 amide bonds. The van der Waals surface area contributed by atoms with Crippen molar-refractivity contribution in [2.75, 3.05) is 18.0 Å². The maximum atomic E-state index is 12.4. The number of benzene rings is 2. The van der Waals surface area contributed by atoms with Crippen molar-refractivity contribution in [3.8, 4) is 11.6 Å². The summed E-state index contributed by atoms with van der Waals surface area (Å²) in [5, 5.41) is 3.58. The Morgan fingerprint density at radius 1 is 0.967 bits per heavy atom. The van der Waals surface area contributed by atoms with Crippen LogP contribution in [0.1, 0.15) is 35.2 Å². The topological polar surface area (TPSA) is 67.3 Å². The highest BCUT2D eigenvalue weighted by Crippen LogP contribution is 2.29. The number of rotatable bonds is 6. The van der Waals surface area contributed by atoms with Crippen LogP contribution in [-0.4, -0.2) is 29.0 Å². The number of hydrogen-bond donors (Lipinski definition) is 1. The molecule has 1 N–H and O–H groups in total. The van der Waals surface area contributed by atoms with Gasteiger partial charge in [-0.3, -0.25) is 4.79 Å². The predicted octanol–water partition coefficient (Wildman–Crippen LogP) is 4.84. The lowest BCUT2D eigenvalue weighted by Crippen LogP contribution is -2.30. The Labute approximate surface area is 180 Å². The third-order valence-electron chi connectivity index (χ3n) is 5.00. The van der Waals surface area contributed by atoms with Crippen LogP contribution < -0.4 is 15.0 Å². The van der Waals surface area contributed by atoms with Crippen molar-refractivity contribution in [3.63, 3.8) is 0 Å². The van der Waals surface area contributed by atoms with Gasteiger partial charge in [-0.05, 0) is 61.2 Å². The smallest absolute Gasteiger partial charge is 0.263 e. The van der Waals surface area contributed by atoms with E-state index in [9.17, 15) is 4.79 Å². The molecule has 0 spiro atoms. The van der Waals surface area contributed by atoms with Crippen molar-refractivity contribution in [1.82, 2.24) is 15.3 Å². The molecule has 4 rings (SSSR count). The van der Waals surface area contributed by atoms with E-state index in [2.05, 4.69) is 20.2 Å². The lowest BCUT2D eigenvalue weighted by atomic mass is 10.1. The second kappa shape index (κ2) is 9.59. The van der Waals surface area contributed by atoms with Gasteiger partial charge in [-0.1, -0.05) is 23.7 Å². The summed E-state index contributed by atoms with van der Waals surface area (Å²) in [6.45, 7) is 2.36. The van der Waals surface area contributed by atoms with Crippen molar-refractivity contribution >= 4 is 23.3 Å². The lowest BCUT2D eigenvalue weighted by Gasteiger charge is -2.28. The van der Waals surface area contributed by atoms with Crippen LogP contribution in [0, 0.1) is 0 Å². The van der Waals surface area contributed by atoms with Gasteiger partial charge in [0.1, 0.15) is 5.75 Å². The van der Waals surface area contributed by atoms with Crippen molar-refractivity contribution in [2.45, 2.75) is 25.8 Å². The summed E-state index contributed by atoms with van der Waals surface area (Å²) < 4.78 is 5.98. The van der Waals surface area contributed by atoms with Crippen molar-refractivity contribution in [3.05, 3.63) is 77.1 Å². The summed E-state index contributed by atoms with van der Waals surface area (Å²) >= 11 is 5.89. The van der Waals surface area contributed by atoms with Crippen LogP contribution >= 0.6 is 11.6 Å². The molecule has 7 heteroatoms. The van der Waals surface area contributed by atoms with E-state index in [-0.39, 0.29) is 5.91 Å². The van der Waals surface area contributed by atoms with E-state index in [0.29, 0.717) is 28.8 Å². The van der Waals surface area contributed by atoms with Gasteiger partial charge in [0, 0.05) is 42.6 Å². The van der Waals surface area contributed by atoms with E-state index in [0.717, 1.165) is 37.3 Å². The zero-order valence-electron chi connectivity index (χ0n) is 16.6. The molecule has 6 nitrogen and oxygen atoms in total. The van der Waals surface area contributed by atoms with Gasteiger partial charge in [0.05, 0.1) is 0 Å². The highest BCUT2D eigenvalue weighted by Gasteiger charge is 2.18. The number of nitrogens with zero attached hydrogens (tertiary/aromatic N) is 3. The first-order valence-corrected chi connectivity index (χ1v) is 10.4. The van der Waals surface area contributed by atoms with Crippen LogP contribution in [0.3, 0.4) is 0 Å². The largest absolute Gasteiger partial charge is 0.436 e. The summed E-state index contributed by atoms with van der Waals surface area (Å²) in [6.07, 6.45) is 6.85. The number of halogens is 1. The minimum Gasteiger partial charge on any atom is -0.436 e. The van der Waals surface area contributed by atoms with Gasteiger partial charge in [0.25, 0.3) is 11.8 Å². The second-order valence-electron chi connectivity index (χ2n) is 7.17. The third-order valence-corrected chi connectivity index (χ3v) is 5.25. The fourth-order valence-electron chi connectivity index (χ4n) is 3.39. The Morgan fingerprint density at radius 3 is 2.40 bits per heavy atom. The Bertz CT molecular complexity index is 987. The first-order valence-electron chi connectivity index (χ1n) is 10.1. The minimum atomic E-state index is -0.148. The first-order chi connectivity index (χ1) is 14.7. The molecule has 1 aliphatic heterocycles. The van der Waals surface area contributed by atoms with E-state index in [1.165, 1.54) is 6.42 Å². The summed E-state index contributed by atoms with van der Waals surface area (Å²) in [5.74, 6) is 1.72. The number of amides is 1. The molecule has 2 aromatic carbocycles. The fraction of sp³-hybridized carbons (Fsp3) is 0.261. The van der Waals surface area contributed by atoms with Crippen molar-refractivity contribution in [2.24, 2.45) is 0 Å². The van der Waals surface area contributed by atoms with Crippen LogP contribution in [-0.2, 0) is 6.54 Å². The predicted molar refractivity (Wildman–Crippen MR) is 117 cm³/mol. The molecule has 0 atom stereocenters. The SMILES string of the molecule is O=C(NCc1ccc(Cl)cc1)c1ccc(Oc2nccnc2N2CCCCC2)cc1. The van der Waals surface area contributed by atoms with E-state index < -0.39 is 0 Å². The average molecular weight is 423 g/mol. The molecule has 1 aliphatic rings. The minimum absolute atomic E-state index is 0.148. The average Bonchev–Trinajstić information content (AvgIpc) is 2.80. The molecule has 1 fully saturated rings. The molecule has 0 radical (unpaired) electrons. The Hall–Kier alpha value is -3.12. The maximum absolute atomic E-state index is 12.4. The van der Waals surface area contributed by atoms with Gasteiger partial charge < -0.3 is 15.0 Å². The summed E-state index contributed by atoms with van der Waals surface area (Å²) in [6, 6.07) is 14.4. The molecular formula is C23H23ClN4O2. The van der Waals surface area contributed by atoms with Gasteiger partial charge in [-0.15, -0.1) is 0 Å². The highest BCUT2D eigenvalue weighted by atomic mass is 35.5. The fourth-order valence-corrected chi connectivity index (χ4v) is 3.51. The van der Waals surface area contributed by atoms with E-state index in [4.69, 9.17) is 16.3 Å². The van der Waals surface area contributed by atoms with Gasteiger partial charge >= 0.3 is 0 Å². The summed E-state index contributed by atoms with van der Waals surface area (Å²) in [7, 11) is 0. The molecule has 0 bridgehead atoms. The van der Waals surface area contributed by atoms with Gasteiger partial charge in [0.2, 0.25) is 0 Å². The lowest BCUT2D eigenvalue weighted by molar-refractivity contribution is 0.0951. The molecule has 0 unspecified atom stereocenters. The molecule has 154 valence electrons. The standard InChI is InChI=1S/C23H23ClN4O2/c24-19-8-4-17(5-9-19)16-27-22(29)18-6-10-20(11-7-18)30-23-21(25-12-13-26-23)28-14-2-1-3-15-28/h4-13H,1-3,14-16H2,(H,27,29). The molecular weight excluding hydrogens is 400 g/mol. The Kier molecular flexibility index (Phi) is 6.44. The van der Waals surface area contributed by atoms with Crippen LogP contribution in [0.2, 0.25) is 5.02 Å². The molecule has 2 heterocycles. The zero-order valence-corrected chi connectivity index (χ0v) is 17.3. The summed E-state index contributed by atoms with van der Waals surface area (Å²) in [5.41, 5.74) is 1.55. The van der Waals surface area contributed by atoms with Gasteiger partial charge in [0.15, 0.2) is 5.82 Å².